The lowest BCUT2D eigenvalue weighted by molar-refractivity contribution is 0.245. The van der Waals surface area contributed by atoms with Crippen LogP contribution in [0.3, 0.4) is 0 Å². The lowest BCUT2D eigenvalue weighted by atomic mass is 10.2. The van der Waals surface area contributed by atoms with Gasteiger partial charge in [-0.05, 0) is 32.8 Å². The van der Waals surface area contributed by atoms with E-state index in [0.29, 0.717) is 6.04 Å². The number of hydrogen-bond donors (Lipinski definition) is 1. The van der Waals surface area contributed by atoms with Gasteiger partial charge in [0.15, 0.2) is 0 Å². The van der Waals surface area contributed by atoms with Gasteiger partial charge in [0, 0.05) is 23.9 Å². The van der Waals surface area contributed by atoms with Crippen LogP contribution in [0.4, 0.5) is 0 Å². The van der Waals surface area contributed by atoms with Crippen molar-refractivity contribution in [2.45, 2.75) is 33.0 Å². The van der Waals surface area contributed by atoms with Crippen LogP contribution in [0.25, 0.3) is 0 Å². The topological polar surface area (TPSA) is 28.4 Å². The molecular weight excluding hydrogens is 232 g/mol. The first-order valence-electron chi connectivity index (χ1n) is 6.14. The maximum atomic E-state index is 5.57. The van der Waals surface area contributed by atoms with Crippen LogP contribution in [0, 0.1) is 0 Å². The average molecular weight is 256 g/mol. The second-order valence-corrected chi connectivity index (χ2v) is 5.28. The summed E-state index contributed by atoms with van der Waals surface area (Å²) in [6.45, 7) is 7.14. The van der Waals surface area contributed by atoms with E-state index in [1.165, 1.54) is 5.56 Å². The standard InChI is InChI=1S/C13H24N2OS/c1-5-14-8-12-6-7-16-13(12)9-15(3)11(2)10-17-4/h6-7,11,14H,5,8-10H2,1-4H3. The summed E-state index contributed by atoms with van der Waals surface area (Å²) < 4.78 is 5.57. The number of hydrogen-bond acceptors (Lipinski definition) is 4. The second-order valence-electron chi connectivity index (χ2n) is 4.37. The van der Waals surface area contributed by atoms with Gasteiger partial charge in [0.25, 0.3) is 0 Å². The summed E-state index contributed by atoms with van der Waals surface area (Å²) in [7, 11) is 2.15. The number of furan rings is 1. The van der Waals surface area contributed by atoms with Gasteiger partial charge in [0.05, 0.1) is 12.8 Å². The molecule has 0 radical (unpaired) electrons. The Balaban J connectivity index is 2.52. The smallest absolute Gasteiger partial charge is 0.122 e. The normalized spacial score (nSPS) is 13.2. The highest BCUT2D eigenvalue weighted by Crippen LogP contribution is 2.15. The summed E-state index contributed by atoms with van der Waals surface area (Å²) in [5, 5.41) is 3.34. The summed E-state index contributed by atoms with van der Waals surface area (Å²) in [4.78, 5) is 2.34. The van der Waals surface area contributed by atoms with Crippen LogP contribution >= 0.6 is 11.8 Å². The van der Waals surface area contributed by atoms with Crippen LogP contribution in [0.15, 0.2) is 16.7 Å². The van der Waals surface area contributed by atoms with Crippen LogP contribution in [0.2, 0.25) is 0 Å². The summed E-state index contributed by atoms with van der Waals surface area (Å²) in [6, 6.07) is 2.63. The first kappa shape index (κ1) is 14.6. The third-order valence-electron chi connectivity index (χ3n) is 2.96. The molecule has 0 bridgehead atoms. The maximum absolute atomic E-state index is 5.57. The molecule has 98 valence electrons. The Bertz CT molecular complexity index is 314. The van der Waals surface area contributed by atoms with Gasteiger partial charge in [-0.15, -0.1) is 0 Å². The molecule has 1 aromatic heterocycles. The predicted octanol–water partition coefficient (Wildman–Crippen LogP) is 2.57. The second kappa shape index (κ2) is 7.80. The Morgan fingerprint density at radius 3 is 2.94 bits per heavy atom. The van der Waals surface area contributed by atoms with Crippen LogP contribution in [-0.2, 0) is 13.1 Å². The van der Waals surface area contributed by atoms with E-state index in [-0.39, 0.29) is 0 Å². The highest BCUT2D eigenvalue weighted by molar-refractivity contribution is 7.98. The van der Waals surface area contributed by atoms with E-state index in [9.17, 15) is 0 Å². The van der Waals surface area contributed by atoms with Gasteiger partial charge < -0.3 is 9.73 Å². The van der Waals surface area contributed by atoms with Gasteiger partial charge in [-0.2, -0.15) is 11.8 Å². The predicted molar refractivity (Wildman–Crippen MR) is 75.4 cm³/mol. The molecule has 1 unspecified atom stereocenters. The van der Waals surface area contributed by atoms with Gasteiger partial charge in [0.1, 0.15) is 5.76 Å². The van der Waals surface area contributed by atoms with Crippen molar-refractivity contribution in [3.05, 3.63) is 23.7 Å². The third kappa shape index (κ3) is 4.74. The molecule has 0 saturated heterocycles. The van der Waals surface area contributed by atoms with Crippen molar-refractivity contribution in [1.82, 2.24) is 10.2 Å². The fourth-order valence-electron chi connectivity index (χ4n) is 1.67. The Kier molecular flexibility index (Phi) is 6.70. The molecule has 0 amide bonds. The third-order valence-corrected chi connectivity index (χ3v) is 3.77. The van der Waals surface area contributed by atoms with E-state index in [2.05, 4.69) is 43.4 Å². The zero-order chi connectivity index (χ0) is 12.7. The molecule has 1 aromatic rings. The molecule has 3 nitrogen and oxygen atoms in total. The van der Waals surface area contributed by atoms with Gasteiger partial charge >= 0.3 is 0 Å². The minimum atomic E-state index is 0.571. The molecule has 1 atom stereocenters. The summed E-state index contributed by atoms with van der Waals surface area (Å²) in [5.41, 5.74) is 1.27. The van der Waals surface area contributed by atoms with E-state index in [1.54, 1.807) is 6.26 Å². The lowest BCUT2D eigenvalue weighted by Crippen LogP contribution is -2.30. The monoisotopic (exact) mass is 256 g/mol. The van der Waals surface area contributed by atoms with Crippen LogP contribution in [0.5, 0.6) is 0 Å². The van der Waals surface area contributed by atoms with Gasteiger partial charge in [-0.3, -0.25) is 4.90 Å². The van der Waals surface area contributed by atoms with Crippen molar-refractivity contribution in [3.8, 4) is 0 Å². The van der Waals surface area contributed by atoms with E-state index in [1.807, 2.05) is 11.8 Å². The highest BCUT2D eigenvalue weighted by Gasteiger charge is 2.13. The molecule has 4 heteroatoms. The van der Waals surface area contributed by atoms with Crippen LogP contribution < -0.4 is 5.32 Å². The van der Waals surface area contributed by atoms with Crippen molar-refractivity contribution in [2.24, 2.45) is 0 Å². The minimum Gasteiger partial charge on any atom is -0.468 e. The molecule has 1 rings (SSSR count). The van der Waals surface area contributed by atoms with E-state index in [4.69, 9.17) is 4.42 Å². The Morgan fingerprint density at radius 2 is 2.29 bits per heavy atom. The molecular formula is C13H24N2OS. The lowest BCUT2D eigenvalue weighted by Gasteiger charge is -2.23. The molecule has 0 fully saturated rings. The van der Waals surface area contributed by atoms with Gasteiger partial charge in [0.2, 0.25) is 0 Å². The fraction of sp³-hybridized carbons (Fsp3) is 0.692. The van der Waals surface area contributed by atoms with Crippen molar-refractivity contribution >= 4 is 11.8 Å². The number of nitrogens with zero attached hydrogens (tertiary/aromatic N) is 1. The van der Waals surface area contributed by atoms with Crippen molar-refractivity contribution < 1.29 is 4.42 Å². The molecule has 1 N–H and O–H groups in total. The fourth-order valence-corrected chi connectivity index (χ4v) is 2.41. The first-order valence-corrected chi connectivity index (χ1v) is 7.53. The van der Waals surface area contributed by atoms with Crippen molar-refractivity contribution in [1.29, 1.82) is 0 Å². The zero-order valence-electron chi connectivity index (χ0n) is 11.3. The van der Waals surface area contributed by atoms with E-state index in [0.717, 1.165) is 31.1 Å². The van der Waals surface area contributed by atoms with Crippen LogP contribution in [0.1, 0.15) is 25.2 Å². The Hall–Kier alpha value is -0.450. The summed E-state index contributed by atoms with van der Waals surface area (Å²) in [5.74, 6) is 2.24. The molecule has 0 aliphatic heterocycles. The van der Waals surface area contributed by atoms with E-state index >= 15 is 0 Å². The number of rotatable bonds is 8. The first-order chi connectivity index (χ1) is 8.19. The van der Waals surface area contributed by atoms with Gasteiger partial charge in [-0.1, -0.05) is 6.92 Å². The average Bonchev–Trinajstić information content (AvgIpc) is 2.74. The summed E-state index contributed by atoms with van der Waals surface area (Å²) in [6.07, 6.45) is 3.93. The van der Waals surface area contributed by atoms with E-state index < -0.39 is 0 Å². The minimum absolute atomic E-state index is 0.571. The molecule has 0 spiro atoms. The zero-order valence-corrected chi connectivity index (χ0v) is 12.1. The van der Waals surface area contributed by atoms with Gasteiger partial charge in [-0.25, -0.2) is 0 Å². The Morgan fingerprint density at radius 1 is 1.53 bits per heavy atom. The molecule has 17 heavy (non-hydrogen) atoms. The van der Waals surface area contributed by atoms with Crippen molar-refractivity contribution in [3.63, 3.8) is 0 Å². The van der Waals surface area contributed by atoms with Crippen molar-refractivity contribution in [2.75, 3.05) is 25.6 Å². The highest BCUT2D eigenvalue weighted by atomic mass is 32.2. The molecule has 0 aliphatic carbocycles. The Labute approximate surface area is 109 Å². The molecule has 0 aliphatic rings. The number of thioether (sulfide) groups is 1. The number of nitrogens with one attached hydrogen (secondary N) is 1. The largest absolute Gasteiger partial charge is 0.468 e. The SMILES string of the molecule is CCNCc1ccoc1CN(C)C(C)CSC. The molecule has 1 heterocycles. The maximum Gasteiger partial charge on any atom is 0.122 e. The quantitative estimate of drug-likeness (QED) is 0.774. The molecule has 0 aromatic carbocycles. The van der Waals surface area contributed by atoms with Crippen LogP contribution in [-0.4, -0.2) is 36.5 Å². The summed E-state index contributed by atoms with van der Waals surface area (Å²) >= 11 is 1.88. The molecule has 0 saturated carbocycles.